The van der Waals surface area contributed by atoms with Gasteiger partial charge in [-0.05, 0) is 0 Å². The summed E-state index contributed by atoms with van der Waals surface area (Å²) in [4.78, 5) is 5.16. The van der Waals surface area contributed by atoms with Crippen LogP contribution in [0.3, 0.4) is 0 Å². The summed E-state index contributed by atoms with van der Waals surface area (Å²) in [5, 5.41) is 0. The molecular formula is C17H39InN2. The predicted octanol–water partition coefficient (Wildman–Crippen LogP) is 4.35. The van der Waals surface area contributed by atoms with E-state index in [1.165, 1.54) is 51.9 Å². The van der Waals surface area contributed by atoms with Crippen LogP contribution in [-0.4, -0.2) is 70.5 Å². The average Bonchev–Trinajstić information content (AvgIpc) is 2.37. The van der Waals surface area contributed by atoms with E-state index in [-0.39, 0.29) is 0 Å². The molecule has 3 heteroatoms. The van der Waals surface area contributed by atoms with Crippen LogP contribution in [0.25, 0.3) is 0 Å². The molecule has 2 nitrogen and oxygen atoms in total. The number of hydrogen-bond acceptors (Lipinski definition) is 2. The molecule has 0 N–H and O–H groups in total. The van der Waals surface area contributed by atoms with Gasteiger partial charge in [0.15, 0.2) is 0 Å². The fourth-order valence-electron chi connectivity index (χ4n) is 2.91. The van der Waals surface area contributed by atoms with Crippen LogP contribution in [0.1, 0.15) is 53.4 Å². The maximum atomic E-state index is 2.66. The molecule has 0 radical (unpaired) electrons. The number of rotatable bonds is 13. The SMILES string of the molecule is CCCN(C)CC[CH2][In]([CH3])[CH2]CCN(CCC)C(C)C. The summed E-state index contributed by atoms with van der Waals surface area (Å²) in [6, 6.07) is 0.725. The van der Waals surface area contributed by atoms with Crippen LogP contribution in [-0.2, 0) is 0 Å². The molecule has 0 saturated carbocycles. The Hall–Kier alpha value is 0.790. The van der Waals surface area contributed by atoms with Crippen molar-refractivity contribution in [1.82, 2.24) is 9.80 Å². The van der Waals surface area contributed by atoms with Gasteiger partial charge in [-0.25, -0.2) is 0 Å². The van der Waals surface area contributed by atoms with Gasteiger partial charge >= 0.3 is 137 Å². The minimum atomic E-state index is -1.13. The Morgan fingerprint density at radius 3 is 1.90 bits per heavy atom. The van der Waals surface area contributed by atoms with Crippen molar-refractivity contribution in [2.75, 3.05) is 33.2 Å². The van der Waals surface area contributed by atoms with Gasteiger partial charge in [-0.1, -0.05) is 0 Å². The Kier molecular flexibility index (Phi) is 14.0. The normalized spacial score (nSPS) is 11.8. The maximum absolute atomic E-state index is 2.66. The van der Waals surface area contributed by atoms with Gasteiger partial charge in [-0.3, -0.25) is 0 Å². The van der Waals surface area contributed by atoms with Gasteiger partial charge in [0.1, 0.15) is 0 Å². The van der Waals surface area contributed by atoms with Gasteiger partial charge in [0.25, 0.3) is 0 Å². The zero-order chi connectivity index (χ0) is 15.4. The Balaban J connectivity index is 3.63. The molecule has 0 aromatic heterocycles. The van der Waals surface area contributed by atoms with Crippen LogP contribution >= 0.6 is 0 Å². The molecule has 0 rings (SSSR count). The third kappa shape index (κ3) is 11.4. The zero-order valence-corrected chi connectivity index (χ0v) is 18.4. The van der Waals surface area contributed by atoms with Crippen molar-refractivity contribution in [3.8, 4) is 0 Å². The van der Waals surface area contributed by atoms with Crippen molar-refractivity contribution < 1.29 is 0 Å². The van der Waals surface area contributed by atoms with E-state index in [1.54, 1.807) is 8.35 Å². The first-order valence-electron chi connectivity index (χ1n) is 8.93. The molecule has 120 valence electrons. The second-order valence-corrected chi connectivity index (χ2v) is 16.4. The van der Waals surface area contributed by atoms with E-state index in [9.17, 15) is 0 Å². The minimum absolute atomic E-state index is 0.725. The third-order valence-corrected chi connectivity index (χ3v) is 12.2. The van der Waals surface area contributed by atoms with E-state index in [1.807, 2.05) is 0 Å². The Morgan fingerprint density at radius 2 is 1.40 bits per heavy atom. The molecule has 0 aromatic rings. The molecule has 0 unspecified atom stereocenters. The first-order chi connectivity index (χ1) is 9.51. The van der Waals surface area contributed by atoms with Gasteiger partial charge in [-0.2, -0.15) is 0 Å². The molecule has 0 saturated heterocycles. The van der Waals surface area contributed by atoms with Crippen LogP contribution in [0.5, 0.6) is 0 Å². The van der Waals surface area contributed by atoms with Crippen molar-refractivity contribution in [3.63, 3.8) is 0 Å². The second-order valence-electron chi connectivity index (χ2n) is 6.82. The molecule has 0 amide bonds. The quantitative estimate of drug-likeness (QED) is 0.464. The molecule has 0 aliphatic carbocycles. The topological polar surface area (TPSA) is 6.48 Å². The summed E-state index contributed by atoms with van der Waals surface area (Å²) < 4.78 is 5.85. The van der Waals surface area contributed by atoms with Gasteiger partial charge in [0.05, 0.1) is 0 Å². The van der Waals surface area contributed by atoms with E-state index in [2.05, 4.69) is 49.2 Å². The molecule has 0 spiro atoms. The van der Waals surface area contributed by atoms with Gasteiger partial charge in [0, 0.05) is 0 Å². The predicted molar refractivity (Wildman–Crippen MR) is 95.3 cm³/mol. The first kappa shape index (κ1) is 20.8. The Morgan fingerprint density at radius 1 is 0.850 bits per heavy atom. The van der Waals surface area contributed by atoms with E-state index < -0.39 is 21.4 Å². The summed E-state index contributed by atoms with van der Waals surface area (Å²) in [7, 11) is 2.27. The number of nitrogens with zero attached hydrogens (tertiary/aromatic N) is 2. The Labute approximate surface area is 136 Å². The molecule has 0 atom stereocenters. The van der Waals surface area contributed by atoms with Crippen LogP contribution in [0.2, 0.25) is 13.0 Å². The molecule has 0 aliphatic rings. The third-order valence-electron chi connectivity index (χ3n) is 4.23. The van der Waals surface area contributed by atoms with E-state index in [0.29, 0.717) is 0 Å². The van der Waals surface area contributed by atoms with Crippen molar-refractivity contribution >= 4 is 21.4 Å². The molecule has 0 heterocycles. The van der Waals surface area contributed by atoms with E-state index in [0.717, 1.165) is 6.04 Å². The van der Waals surface area contributed by atoms with Crippen LogP contribution in [0.4, 0.5) is 0 Å². The standard InChI is InChI=1S/C9H20N.C7H16N.CH3.In/c1-5-7-10(8-6-2)9(3)4;1-4-6-8(3)7-5-2;;/h9H,1,5-8H2,2-4H3;1,4-7H2,2-3H3;1H3;. The van der Waals surface area contributed by atoms with Crippen LogP contribution in [0, 0.1) is 0 Å². The van der Waals surface area contributed by atoms with Crippen molar-refractivity contribution in [2.24, 2.45) is 0 Å². The molecule has 20 heavy (non-hydrogen) atoms. The van der Waals surface area contributed by atoms with E-state index >= 15 is 0 Å². The average molecular weight is 386 g/mol. The summed E-state index contributed by atoms with van der Waals surface area (Å²) in [6.07, 6.45) is 5.50. The van der Waals surface area contributed by atoms with Crippen LogP contribution in [0.15, 0.2) is 0 Å². The molecule has 0 aliphatic heterocycles. The first-order valence-corrected chi connectivity index (χ1v) is 16.9. The molecule has 0 bridgehead atoms. The van der Waals surface area contributed by atoms with Gasteiger partial charge < -0.3 is 0 Å². The summed E-state index contributed by atoms with van der Waals surface area (Å²) in [5.41, 5.74) is 0. The molecular weight excluding hydrogens is 347 g/mol. The number of hydrogen-bond donors (Lipinski definition) is 0. The second kappa shape index (κ2) is 13.5. The fourth-order valence-corrected chi connectivity index (χ4v) is 8.75. The van der Waals surface area contributed by atoms with Gasteiger partial charge in [-0.15, -0.1) is 0 Å². The van der Waals surface area contributed by atoms with Crippen molar-refractivity contribution in [1.29, 1.82) is 0 Å². The zero-order valence-electron chi connectivity index (χ0n) is 15.1. The molecule has 0 aromatic carbocycles. The van der Waals surface area contributed by atoms with Crippen molar-refractivity contribution in [2.45, 2.75) is 72.5 Å². The van der Waals surface area contributed by atoms with E-state index in [4.69, 9.17) is 0 Å². The van der Waals surface area contributed by atoms with Gasteiger partial charge in [0.2, 0.25) is 0 Å². The monoisotopic (exact) mass is 386 g/mol. The summed E-state index contributed by atoms with van der Waals surface area (Å²) >= 11 is -1.13. The van der Waals surface area contributed by atoms with Crippen molar-refractivity contribution in [3.05, 3.63) is 0 Å². The fraction of sp³-hybridized carbons (Fsp3) is 1.00. The summed E-state index contributed by atoms with van der Waals surface area (Å²) in [5.74, 6) is 0. The van der Waals surface area contributed by atoms with Crippen LogP contribution < -0.4 is 0 Å². The molecule has 0 fully saturated rings. The Bertz CT molecular complexity index is 209. The summed E-state index contributed by atoms with van der Waals surface area (Å²) in [6.45, 7) is 14.5.